The average molecular weight is 320 g/mol. The Hall–Kier alpha value is -1.99. The molecule has 1 N–H and O–H groups in total. The molecule has 1 aromatic heterocycles. The molecule has 2 amide bonds. The zero-order valence-corrected chi connectivity index (χ0v) is 12.4. The lowest BCUT2D eigenvalue weighted by Crippen LogP contribution is -2.44. The molecule has 1 rings (SSSR count). The first-order valence-electron chi connectivity index (χ1n) is 6.87. The average Bonchev–Trinajstić information content (AvgIpc) is 2.94. The van der Waals surface area contributed by atoms with E-state index in [1.165, 1.54) is 18.4 Å². The molecule has 1 aromatic rings. The van der Waals surface area contributed by atoms with Gasteiger partial charge in [0.05, 0.1) is 19.4 Å². The molecule has 22 heavy (non-hydrogen) atoms. The number of nitrogens with zero attached hydrogens (tertiary/aromatic N) is 1. The number of halogens is 3. The van der Waals surface area contributed by atoms with Crippen molar-refractivity contribution in [3.63, 3.8) is 0 Å². The molecular weight excluding hydrogens is 301 g/mol. The lowest BCUT2D eigenvalue weighted by atomic mass is 10.1. The van der Waals surface area contributed by atoms with Gasteiger partial charge in [-0.25, -0.2) is 0 Å². The first-order chi connectivity index (χ1) is 10.2. The zero-order chi connectivity index (χ0) is 16.8. The maximum absolute atomic E-state index is 12.6. The fourth-order valence-electron chi connectivity index (χ4n) is 1.67. The number of rotatable bonds is 7. The Bertz CT molecular complexity index is 486. The molecule has 0 spiro atoms. The maximum atomic E-state index is 12.6. The van der Waals surface area contributed by atoms with Crippen LogP contribution in [-0.2, 0) is 16.1 Å². The number of hydrogen-bond acceptors (Lipinski definition) is 3. The van der Waals surface area contributed by atoms with Gasteiger partial charge in [0, 0.05) is 5.92 Å². The van der Waals surface area contributed by atoms with Crippen LogP contribution in [0.15, 0.2) is 22.8 Å². The number of carbonyl (C=O) groups excluding carboxylic acids is 2. The number of hydrogen-bond donors (Lipinski definition) is 1. The molecule has 0 aliphatic carbocycles. The van der Waals surface area contributed by atoms with Crippen molar-refractivity contribution in [3.05, 3.63) is 24.2 Å². The van der Waals surface area contributed by atoms with E-state index in [2.05, 4.69) is 5.32 Å². The molecule has 0 saturated heterocycles. The number of nitrogens with one attached hydrogen (secondary N) is 1. The second-order valence-corrected chi connectivity index (χ2v) is 4.97. The van der Waals surface area contributed by atoms with Crippen LogP contribution in [0.5, 0.6) is 0 Å². The molecule has 0 bridgehead atoms. The van der Waals surface area contributed by atoms with Crippen LogP contribution in [0.3, 0.4) is 0 Å². The van der Waals surface area contributed by atoms with Gasteiger partial charge in [-0.05, 0) is 18.6 Å². The minimum Gasteiger partial charge on any atom is -0.467 e. The second kappa shape index (κ2) is 7.86. The summed E-state index contributed by atoms with van der Waals surface area (Å²) in [6, 6.07) is 3.00. The summed E-state index contributed by atoms with van der Waals surface area (Å²) < 4.78 is 42.7. The monoisotopic (exact) mass is 320 g/mol. The van der Waals surface area contributed by atoms with Crippen LogP contribution in [0.4, 0.5) is 13.2 Å². The van der Waals surface area contributed by atoms with Gasteiger partial charge in [-0.2, -0.15) is 13.2 Å². The minimum absolute atomic E-state index is 0.242. The van der Waals surface area contributed by atoms with E-state index >= 15 is 0 Å². The van der Waals surface area contributed by atoms with Crippen LogP contribution >= 0.6 is 0 Å². The van der Waals surface area contributed by atoms with Crippen molar-refractivity contribution >= 4 is 11.8 Å². The fourth-order valence-corrected chi connectivity index (χ4v) is 1.67. The van der Waals surface area contributed by atoms with E-state index < -0.39 is 25.2 Å². The summed E-state index contributed by atoms with van der Waals surface area (Å²) in [5.74, 6) is -1.23. The zero-order valence-electron chi connectivity index (χ0n) is 12.4. The molecule has 0 aliphatic rings. The molecule has 1 unspecified atom stereocenters. The molecule has 5 nitrogen and oxygen atoms in total. The Kier molecular flexibility index (Phi) is 6.45. The summed E-state index contributed by atoms with van der Waals surface area (Å²) in [4.78, 5) is 24.1. The Morgan fingerprint density at radius 3 is 2.59 bits per heavy atom. The van der Waals surface area contributed by atoms with Crippen LogP contribution in [0.1, 0.15) is 26.0 Å². The van der Waals surface area contributed by atoms with Gasteiger partial charge in [-0.15, -0.1) is 0 Å². The summed E-state index contributed by atoms with van der Waals surface area (Å²) >= 11 is 0. The van der Waals surface area contributed by atoms with Crippen molar-refractivity contribution in [1.82, 2.24) is 10.2 Å². The first-order valence-corrected chi connectivity index (χ1v) is 6.87. The van der Waals surface area contributed by atoms with Crippen LogP contribution in [0, 0.1) is 5.92 Å². The molecule has 8 heteroatoms. The predicted octanol–water partition coefficient (Wildman–Crippen LogP) is 2.33. The fraction of sp³-hybridized carbons (Fsp3) is 0.571. The van der Waals surface area contributed by atoms with E-state index in [0.29, 0.717) is 11.3 Å². The van der Waals surface area contributed by atoms with Crippen LogP contribution in [0.2, 0.25) is 0 Å². The smallest absolute Gasteiger partial charge is 0.406 e. The van der Waals surface area contributed by atoms with Crippen LogP contribution < -0.4 is 5.32 Å². The number of furan rings is 1. The third-order valence-corrected chi connectivity index (χ3v) is 3.12. The number of carbonyl (C=O) groups is 2. The second-order valence-electron chi connectivity index (χ2n) is 4.97. The normalized spacial score (nSPS) is 12.8. The van der Waals surface area contributed by atoms with E-state index in [4.69, 9.17) is 4.42 Å². The minimum atomic E-state index is -4.52. The van der Waals surface area contributed by atoms with Gasteiger partial charge in [-0.3, -0.25) is 9.59 Å². The Morgan fingerprint density at radius 1 is 1.41 bits per heavy atom. The summed E-state index contributed by atoms with van der Waals surface area (Å²) in [6.45, 7) is 1.31. The van der Waals surface area contributed by atoms with Gasteiger partial charge in [0.1, 0.15) is 12.3 Å². The highest BCUT2D eigenvalue weighted by molar-refractivity contribution is 5.85. The van der Waals surface area contributed by atoms with Crippen molar-refractivity contribution in [2.45, 2.75) is 33.0 Å². The number of amides is 2. The SMILES string of the molecule is CCC(C)C(=O)NCC(=O)N(Cc1ccco1)CC(F)(F)F. The van der Waals surface area contributed by atoms with Crippen molar-refractivity contribution in [1.29, 1.82) is 0 Å². The summed E-state index contributed by atoms with van der Waals surface area (Å²) in [6.07, 6.45) is -2.63. The highest BCUT2D eigenvalue weighted by atomic mass is 19.4. The maximum Gasteiger partial charge on any atom is 0.406 e. The topological polar surface area (TPSA) is 62.6 Å². The van der Waals surface area contributed by atoms with Crippen molar-refractivity contribution in [2.24, 2.45) is 5.92 Å². The molecule has 0 aromatic carbocycles. The Morgan fingerprint density at radius 2 is 2.09 bits per heavy atom. The quantitative estimate of drug-likeness (QED) is 0.839. The van der Waals surface area contributed by atoms with Crippen LogP contribution in [0.25, 0.3) is 0 Å². The van der Waals surface area contributed by atoms with Crippen LogP contribution in [-0.4, -0.2) is 36.0 Å². The molecule has 0 fully saturated rings. The molecule has 0 radical (unpaired) electrons. The van der Waals surface area contributed by atoms with E-state index in [9.17, 15) is 22.8 Å². The van der Waals surface area contributed by atoms with Crippen molar-refractivity contribution in [3.8, 4) is 0 Å². The lowest BCUT2D eigenvalue weighted by molar-refractivity contribution is -0.162. The van der Waals surface area contributed by atoms with E-state index in [0.717, 1.165) is 0 Å². The third-order valence-electron chi connectivity index (χ3n) is 3.12. The highest BCUT2D eigenvalue weighted by Crippen LogP contribution is 2.18. The van der Waals surface area contributed by atoms with Gasteiger partial charge >= 0.3 is 6.18 Å². The molecule has 0 aliphatic heterocycles. The molecular formula is C14H19F3N2O3. The van der Waals surface area contributed by atoms with Gasteiger partial charge < -0.3 is 14.6 Å². The van der Waals surface area contributed by atoms with Gasteiger partial charge in [0.25, 0.3) is 0 Å². The predicted molar refractivity (Wildman–Crippen MR) is 72.6 cm³/mol. The standard InChI is InChI=1S/C14H19F3N2O3/c1-3-10(2)13(21)18-7-12(20)19(9-14(15,16)17)8-11-5-4-6-22-11/h4-6,10H,3,7-9H2,1-2H3,(H,18,21). The van der Waals surface area contributed by atoms with Crippen molar-refractivity contribution in [2.75, 3.05) is 13.1 Å². The Labute approximate surface area is 126 Å². The van der Waals surface area contributed by atoms with Crippen molar-refractivity contribution < 1.29 is 27.2 Å². The van der Waals surface area contributed by atoms with Gasteiger partial charge in [-0.1, -0.05) is 13.8 Å². The Balaban J connectivity index is 2.65. The van der Waals surface area contributed by atoms with E-state index in [-0.39, 0.29) is 24.1 Å². The molecule has 124 valence electrons. The van der Waals surface area contributed by atoms with Gasteiger partial charge in [0.15, 0.2) is 0 Å². The summed E-state index contributed by atoms with van der Waals surface area (Å²) in [5, 5.41) is 2.35. The van der Waals surface area contributed by atoms with E-state index in [1.54, 1.807) is 13.8 Å². The lowest BCUT2D eigenvalue weighted by Gasteiger charge is -2.23. The van der Waals surface area contributed by atoms with Gasteiger partial charge in [0.2, 0.25) is 11.8 Å². The summed E-state index contributed by atoms with van der Waals surface area (Å²) in [5.41, 5.74) is 0. The molecule has 0 saturated carbocycles. The molecule has 1 atom stereocenters. The highest BCUT2D eigenvalue weighted by Gasteiger charge is 2.33. The largest absolute Gasteiger partial charge is 0.467 e. The summed E-state index contributed by atoms with van der Waals surface area (Å²) in [7, 11) is 0. The van der Waals surface area contributed by atoms with E-state index in [1.807, 2.05) is 0 Å². The first kappa shape index (κ1) is 18.1. The molecule has 1 heterocycles. The number of alkyl halides is 3. The third kappa shape index (κ3) is 6.19.